The summed E-state index contributed by atoms with van der Waals surface area (Å²) >= 11 is 0. The van der Waals surface area contributed by atoms with Gasteiger partial charge in [-0.1, -0.05) is 29.8 Å². The molecule has 0 unspecified atom stereocenters. The van der Waals surface area contributed by atoms with Crippen LogP contribution in [0.2, 0.25) is 0 Å². The molecule has 0 bridgehead atoms. The van der Waals surface area contributed by atoms with Crippen LogP contribution in [-0.2, 0) is 11.2 Å². The number of carbonyl (C=O) groups is 1. The lowest BCUT2D eigenvalue weighted by Gasteiger charge is -2.10. The first-order chi connectivity index (χ1) is 9.99. The molecule has 0 aromatic heterocycles. The molecule has 0 radical (unpaired) electrons. The third kappa shape index (κ3) is 3.85. The van der Waals surface area contributed by atoms with E-state index in [9.17, 15) is 4.79 Å². The summed E-state index contributed by atoms with van der Waals surface area (Å²) < 4.78 is 5.23. The zero-order valence-electron chi connectivity index (χ0n) is 13.0. The molecule has 0 heterocycles. The van der Waals surface area contributed by atoms with Crippen LogP contribution in [0.1, 0.15) is 22.3 Å². The van der Waals surface area contributed by atoms with Crippen molar-refractivity contribution in [3.8, 4) is 5.75 Å². The number of amides is 1. The van der Waals surface area contributed by atoms with Crippen molar-refractivity contribution < 1.29 is 9.53 Å². The van der Waals surface area contributed by atoms with Gasteiger partial charge in [0, 0.05) is 5.69 Å². The van der Waals surface area contributed by atoms with Crippen LogP contribution in [-0.4, -0.2) is 13.0 Å². The van der Waals surface area contributed by atoms with E-state index in [4.69, 9.17) is 4.74 Å². The zero-order valence-corrected chi connectivity index (χ0v) is 13.0. The van der Waals surface area contributed by atoms with Crippen LogP contribution in [0.4, 0.5) is 5.69 Å². The van der Waals surface area contributed by atoms with Crippen molar-refractivity contribution >= 4 is 11.6 Å². The molecule has 0 aliphatic carbocycles. The predicted octanol–water partition coefficient (Wildman–Crippen LogP) is 3.80. The molecule has 0 atom stereocenters. The molecule has 2 rings (SSSR count). The average Bonchev–Trinajstić information content (AvgIpc) is 2.42. The van der Waals surface area contributed by atoms with Gasteiger partial charge in [0.05, 0.1) is 13.5 Å². The van der Waals surface area contributed by atoms with Crippen LogP contribution in [0.15, 0.2) is 36.4 Å². The van der Waals surface area contributed by atoms with E-state index in [0.717, 1.165) is 28.1 Å². The van der Waals surface area contributed by atoms with Crippen molar-refractivity contribution in [2.45, 2.75) is 27.2 Å². The Hall–Kier alpha value is -2.29. The summed E-state index contributed by atoms with van der Waals surface area (Å²) in [6, 6.07) is 11.8. The third-order valence-electron chi connectivity index (χ3n) is 3.48. The minimum atomic E-state index is -0.00785. The number of methoxy groups -OCH3 is 1. The first-order valence-corrected chi connectivity index (χ1v) is 7.00. The summed E-state index contributed by atoms with van der Waals surface area (Å²) in [4.78, 5) is 12.1. The van der Waals surface area contributed by atoms with Gasteiger partial charge in [0.25, 0.3) is 0 Å². The molecular weight excluding hydrogens is 262 g/mol. The van der Waals surface area contributed by atoms with Crippen LogP contribution < -0.4 is 10.1 Å². The van der Waals surface area contributed by atoms with E-state index < -0.39 is 0 Å². The molecule has 0 fully saturated rings. The molecule has 2 aromatic carbocycles. The highest BCUT2D eigenvalue weighted by Gasteiger charge is 2.07. The number of ether oxygens (including phenoxy) is 1. The lowest BCUT2D eigenvalue weighted by Crippen LogP contribution is -2.15. The topological polar surface area (TPSA) is 38.3 Å². The largest absolute Gasteiger partial charge is 0.496 e. The normalized spacial score (nSPS) is 10.3. The van der Waals surface area contributed by atoms with Crippen LogP contribution in [0.5, 0.6) is 5.75 Å². The highest BCUT2D eigenvalue weighted by atomic mass is 16.5. The van der Waals surface area contributed by atoms with Gasteiger partial charge in [-0.05, 0) is 49.6 Å². The Morgan fingerprint density at radius 1 is 1.05 bits per heavy atom. The summed E-state index contributed by atoms with van der Waals surface area (Å²) in [5.41, 5.74) is 5.16. The Bertz CT molecular complexity index is 662. The monoisotopic (exact) mass is 283 g/mol. The first kappa shape index (κ1) is 15.1. The van der Waals surface area contributed by atoms with Gasteiger partial charge in [-0.25, -0.2) is 0 Å². The standard InChI is InChI=1S/C18H21NO2/c1-12-5-7-16(13(2)9-12)19-18(20)11-15-6-8-17(21-4)14(3)10-15/h5-10H,11H2,1-4H3,(H,19,20). The van der Waals surface area contributed by atoms with Gasteiger partial charge < -0.3 is 10.1 Å². The summed E-state index contributed by atoms with van der Waals surface area (Å²) in [5.74, 6) is 0.833. The van der Waals surface area contributed by atoms with E-state index in [0.29, 0.717) is 6.42 Å². The SMILES string of the molecule is COc1ccc(CC(=O)Nc2ccc(C)cc2C)cc1C. The fourth-order valence-corrected chi connectivity index (χ4v) is 2.38. The van der Waals surface area contributed by atoms with Gasteiger partial charge >= 0.3 is 0 Å². The molecule has 0 spiro atoms. The molecule has 21 heavy (non-hydrogen) atoms. The highest BCUT2D eigenvalue weighted by Crippen LogP contribution is 2.20. The number of aryl methyl sites for hydroxylation is 3. The highest BCUT2D eigenvalue weighted by molar-refractivity contribution is 5.93. The Kier molecular flexibility index (Phi) is 4.63. The minimum absolute atomic E-state index is 0.00785. The van der Waals surface area contributed by atoms with Crippen molar-refractivity contribution in [1.29, 1.82) is 0 Å². The van der Waals surface area contributed by atoms with Crippen LogP contribution in [0.3, 0.4) is 0 Å². The first-order valence-electron chi connectivity index (χ1n) is 7.00. The summed E-state index contributed by atoms with van der Waals surface area (Å²) in [5, 5.41) is 2.96. The number of nitrogens with one attached hydrogen (secondary N) is 1. The molecule has 2 aromatic rings. The fraction of sp³-hybridized carbons (Fsp3) is 0.278. The van der Waals surface area contributed by atoms with Crippen molar-refractivity contribution in [3.05, 3.63) is 58.7 Å². The molecule has 0 saturated carbocycles. The maximum atomic E-state index is 12.1. The van der Waals surface area contributed by atoms with E-state index in [-0.39, 0.29) is 5.91 Å². The van der Waals surface area contributed by atoms with Gasteiger partial charge in [-0.3, -0.25) is 4.79 Å². The molecule has 1 amide bonds. The minimum Gasteiger partial charge on any atom is -0.496 e. The van der Waals surface area contributed by atoms with Gasteiger partial charge in [0.15, 0.2) is 0 Å². The molecule has 3 nitrogen and oxygen atoms in total. The quantitative estimate of drug-likeness (QED) is 0.926. The fourth-order valence-electron chi connectivity index (χ4n) is 2.38. The van der Waals surface area contributed by atoms with Gasteiger partial charge in [-0.15, -0.1) is 0 Å². The maximum Gasteiger partial charge on any atom is 0.228 e. The van der Waals surface area contributed by atoms with Gasteiger partial charge in [-0.2, -0.15) is 0 Å². The van der Waals surface area contributed by atoms with E-state index in [1.807, 2.05) is 51.1 Å². The summed E-state index contributed by atoms with van der Waals surface area (Å²) in [7, 11) is 1.65. The second-order valence-corrected chi connectivity index (χ2v) is 5.35. The summed E-state index contributed by atoms with van der Waals surface area (Å²) in [6.07, 6.45) is 0.359. The van der Waals surface area contributed by atoms with E-state index >= 15 is 0 Å². The summed E-state index contributed by atoms with van der Waals surface area (Å²) in [6.45, 7) is 6.02. The Labute approximate surface area is 126 Å². The van der Waals surface area contributed by atoms with Crippen LogP contribution in [0, 0.1) is 20.8 Å². The van der Waals surface area contributed by atoms with Gasteiger partial charge in [0.2, 0.25) is 5.91 Å². The second kappa shape index (κ2) is 6.44. The third-order valence-corrected chi connectivity index (χ3v) is 3.48. The molecule has 110 valence electrons. The van der Waals surface area contributed by atoms with Gasteiger partial charge in [0.1, 0.15) is 5.75 Å². The Morgan fingerprint density at radius 3 is 2.43 bits per heavy atom. The number of carbonyl (C=O) groups excluding carboxylic acids is 1. The lowest BCUT2D eigenvalue weighted by atomic mass is 10.1. The number of benzene rings is 2. The van der Waals surface area contributed by atoms with Crippen molar-refractivity contribution in [2.24, 2.45) is 0 Å². The number of hydrogen-bond donors (Lipinski definition) is 1. The van der Waals surface area contributed by atoms with Crippen molar-refractivity contribution in [1.82, 2.24) is 0 Å². The van der Waals surface area contributed by atoms with E-state index in [1.165, 1.54) is 5.56 Å². The number of rotatable bonds is 4. The van der Waals surface area contributed by atoms with Crippen LogP contribution >= 0.6 is 0 Å². The van der Waals surface area contributed by atoms with E-state index in [1.54, 1.807) is 7.11 Å². The second-order valence-electron chi connectivity index (χ2n) is 5.35. The molecule has 0 aliphatic rings. The molecule has 0 saturated heterocycles. The molecule has 3 heteroatoms. The Morgan fingerprint density at radius 2 is 1.81 bits per heavy atom. The molecule has 1 N–H and O–H groups in total. The smallest absolute Gasteiger partial charge is 0.228 e. The lowest BCUT2D eigenvalue weighted by molar-refractivity contribution is -0.115. The van der Waals surface area contributed by atoms with Crippen molar-refractivity contribution in [3.63, 3.8) is 0 Å². The van der Waals surface area contributed by atoms with Crippen molar-refractivity contribution in [2.75, 3.05) is 12.4 Å². The van der Waals surface area contributed by atoms with E-state index in [2.05, 4.69) is 11.4 Å². The zero-order chi connectivity index (χ0) is 15.4. The maximum absolute atomic E-state index is 12.1. The molecular formula is C18H21NO2. The number of anilines is 1. The predicted molar refractivity (Wildman–Crippen MR) is 86.0 cm³/mol. The Balaban J connectivity index is 2.06. The molecule has 0 aliphatic heterocycles. The average molecular weight is 283 g/mol. The number of hydrogen-bond acceptors (Lipinski definition) is 2. The van der Waals surface area contributed by atoms with Crippen LogP contribution in [0.25, 0.3) is 0 Å².